The molecule has 0 aliphatic carbocycles. The van der Waals surface area contributed by atoms with Crippen LogP contribution in [0.3, 0.4) is 0 Å². The zero-order chi connectivity index (χ0) is 0. The molecule has 0 aliphatic rings. The van der Waals surface area contributed by atoms with Gasteiger partial charge in [0.05, 0.1) is 0 Å². The van der Waals surface area contributed by atoms with E-state index in [9.17, 15) is 0 Å². The Balaban J connectivity index is 0. The van der Waals surface area contributed by atoms with Gasteiger partial charge in [-0.05, 0) is 0 Å². The fourth-order valence-electron chi connectivity index (χ4n) is 0. The maximum absolute atomic E-state index is 0. The summed E-state index contributed by atoms with van der Waals surface area (Å²) in [5, 5.41) is 0. The molecule has 0 heterocycles. The summed E-state index contributed by atoms with van der Waals surface area (Å²) in [7, 11) is 0. The molecule has 5 heavy (non-hydrogen) atoms. The van der Waals surface area contributed by atoms with Crippen molar-refractivity contribution >= 4 is 37.2 Å². The third-order valence-electron chi connectivity index (χ3n) is 0. The monoisotopic (exact) mass is 264 g/mol. The summed E-state index contributed by atoms with van der Waals surface area (Å²) in [6.45, 7) is 0. The zero-order valence-electron chi connectivity index (χ0n) is 1.95. The molecule has 0 aliphatic heterocycles. The van der Waals surface area contributed by atoms with Gasteiger partial charge >= 0.3 is 0 Å². The Labute approximate surface area is 74.3 Å². The second kappa shape index (κ2) is 36.7. The summed E-state index contributed by atoms with van der Waals surface area (Å²) in [4.78, 5) is 0. The third-order valence-corrected chi connectivity index (χ3v) is 0. The summed E-state index contributed by atoms with van der Waals surface area (Å²) in [5.41, 5.74) is 0. The summed E-state index contributed by atoms with van der Waals surface area (Å²) < 4.78 is 0. The van der Waals surface area contributed by atoms with Gasteiger partial charge in [0.15, 0.2) is 0 Å². The van der Waals surface area contributed by atoms with Gasteiger partial charge in [-0.1, -0.05) is 0 Å². The van der Waals surface area contributed by atoms with Gasteiger partial charge in [0.2, 0.25) is 0 Å². The van der Waals surface area contributed by atoms with Crippen molar-refractivity contribution in [2.24, 2.45) is 0 Å². The van der Waals surface area contributed by atoms with E-state index < -0.39 is 0 Å². The van der Waals surface area contributed by atoms with Crippen LogP contribution >= 0.6 is 37.2 Å². The van der Waals surface area contributed by atoms with Gasteiger partial charge < -0.3 is 0 Å². The largest absolute Gasteiger partial charge is 0.147 e. The van der Waals surface area contributed by atoms with E-state index in [4.69, 9.17) is 0 Å². The molecular formula is H3Cl3MoNi. The van der Waals surface area contributed by atoms with Gasteiger partial charge in [-0.25, -0.2) is 0 Å². The zero-order valence-corrected chi connectivity index (χ0v) is 7.39. The topological polar surface area (TPSA) is 0 Å². The molecular weight excluding hydrogens is 261 g/mol. The number of hydrogen-bond acceptors (Lipinski definition) is 0. The van der Waals surface area contributed by atoms with Crippen LogP contribution in [0.25, 0.3) is 0 Å². The van der Waals surface area contributed by atoms with Crippen molar-refractivity contribution in [3.63, 3.8) is 0 Å². The molecule has 0 atom stereocenters. The summed E-state index contributed by atoms with van der Waals surface area (Å²) in [6.07, 6.45) is 0. The Morgan fingerprint density at radius 2 is 0.600 bits per heavy atom. The first-order valence-corrected chi connectivity index (χ1v) is 0. The molecule has 5 heteroatoms. The fourth-order valence-corrected chi connectivity index (χ4v) is 0. The molecule has 0 amide bonds. The van der Waals surface area contributed by atoms with Crippen LogP contribution in [0.4, 0.5) is 0 Å². The van der Waals surface area contributed by atoms with E-state index in [1.165, 1.54) is 0 Å². The molecule has 0 radical (unpaired) electrons. The molecule has 0 saturated heterocycles. The molecule has 0 aromatic carbocycles. The molecule has 0 unspecified atom stereocenters. The molecule has 0 bridgehead atoms. The van der Waals surface area contributed by atoms with E-state index in [1.54, 1.807) is 0 Å². The van der Waals surface area contributed by atoms with Crippen molar-refractivity contribution in [1.29, 1.82) is 0 Å². The minimum atomic E-state index is 0. The summed E-state index contributed by atoms with van der Waals surface area (Å²) in [5.74, 6) is 0. The molecule has 0 N–H and O–H groups in total. The molecule has 0 nitrogen and oxygen atoms in total. The van der Waals surface area contributed by atoms with Crippen LogP contribution < -0.4 is 0 Å². The smallest absolute Gasteiger partial charge is 0 e. The normalized spacial score (nSPS) is 0. The van der Waals surface area contributed by atoms with Crippen LogP contribution in [0, 0.1) is 0 Å². The number of halogens is 3. The molecule has 0 fully saturated rings. The van der Waals surface area contributed by atoms with E-state index in [1.807, 2.05) is 0 Å². The van der Waals surface area contributed by atoms with Gasteiger partial charge in [-0.3, -0.25) is 0 Å². The quantitative estimate of drug-likeness (QED) is 0.578. The first kappa shape index (κ1) is 61.3. The molecule has 0 spiro atoms. The SMILES string of the molecule is Cl.Cl.Cl.[Mo].[Ni]. The Morgan fingerprint density at radius 1 is 0.600 bits per heavy atom. The first-order chi connectivity index (χ1) is 0. The maximum Gasteiger partial charge on any atom is 0 e. The van der Waals surface area contributed by atoms with Gasteiger partial charge in [0.1, 0.15) is 0 Å². The van der Waals surface area contributed by atoms with E-state index in [0.717, 1.165) is 0 Å². The predicted octanol–water partition coefficient (Wildman–Crippen LogP) is 1.26. The average molecular weight is 264 g/mol. The van der Waals surface area contributed by atoms with Crippen molar-refractivity contribution in [3.05, 3.63) is 0 Å². The Bertz CT molecular complexity index is 6.85. The number of hydrogen-bond donors (Lipinski definition) is 0. The van der Waals surface area contributed by atoms with Crippen LogP contribution in [-0.4, -0.2) is 0 Å². The van der Waals surface area contributed by atoms with Crippen molar-refractivity contribution < 1.29 is 37.6 Å². The van der Waals surface area contributed by atoms with Crippen molar-refractivity contribution in [3.8, 4) is 0 Å². The van der Waals surface area contributed by atoms with E-state index in [2.05, 4.69) is 0 Å². The molecule has 0 rings (SSSR count). The van der Waals surface area contributed by atoms with Crippen LogP contribution in [-0.2, 0) is 37.6 Å². The van der Waals surface area contributed by atoms with Crippen molar-refractivity contribution in [1.82, 2.24) is 0 Å². The minimum absolute atomic E-state index is 0. The maximum atomic E-state index is 0. The van der Waals surface area contributed by atoms with Gasteiger partial charge in [-0.15, -0.1) is 37.2 Å². The van der Waals surface area contributed by atoms with Crippen molar-refractivity contribution in [2.75, 3.05) is 0 Å². The summed E-state index contributed by atoms with van der Waals surface area (Å²) >= 11 is 0. The predicted molar refractivity (Wildman–Crippen MR) is 21.7 cm³/mol. The Hall–Kier alpha value is 2.05. The van der Waals surface area contributed by atoms with Crippen LogP contribution in [0.1, 0.15) is 0 Å². The average Bonchev–Trinajstić information content (AvgIpc) is 0. The van der Waals surface area contributed by atoms with E-state index >= 15 is 0 Å². The fraction of sp³-hybridized carbons (Fsp3) is 0. The first-order valence-electron chi connectivity index (χ1n) is 0. The number of rotatable bonds is 0. The van der Waals surface area contributed by atoms with Gasteiger partial charge in [-0.2, -0.15) is 0 Å². The third kappa shape index (κ3) is 23.6. The second-order valence-electron chi connectivity index (χ2n) is 0. The van der Waals surface area contributed by atoms with Crippen LogP contribution in [0.2, 0.25) is 0 Å². The second-order valence-corrected chi connectivity index (χ2v) is 0. The molecule has 0 saturated carbocycles. The molecule has 0 aromatic heterocycles. The van der Waals surface area contributed by atoms with E-state index in [0.29, 0.717) is 0 Å². The van der Waals surface area contributed by atoms with Gasteiger partial charge in [0, 0.05) is 37.6 Å². The van der Waals surface area contributed by atoms with Crippen LogP contribution in [0.5, 0.6) is 0 Å². The minimum Gasteiger partial charge on any atom is -0.147 e. The van der Waals surface area contributed by atoms with Crippen molar-refractivity contribution in [2.45, 2.75) is 0 Å². The van der Waals surface area contributed by atoms with E-state index in [-0.39, 0.29) is 74.8 Å². The van der Waals surface area contributed by atoms with Crippen LogP contribution in [0.15, 0.2) is 0 Å². The standard InChI is InChI=1S/3ClH.Mo.Ni/h3*1H;;. The molecule has 0 aromatic rings. The summed E-state index contributed by atoms with van der Waals surface area (Å²) in [6, 6.07) is 0. The Morgan fingerprint density at radius 3 is 0.600 bits per heavy atom. The Kier molecular flexibility index (Phi) is 450. The van der Waals surface area contributed by atoms with Gasteiger partial charge in [0.25, 0.3) is 0 Å². The molecule has 40 valence electrons.